The number of rotatable bonds is 4. The maximum atomic E-state index is 11.2. The second-order valence-corrected chi connectivity index (χ2v) is 4.70. The van der Waals surface area contributed by atoms with E-state index in [1.165, 1.54) is 19.3 Å². The first-order valence-electron chi connectivity index (χ1n) is 6.26. The molecule has 17 heavy (non-hydrogen) atoms. The SMILES string of the molecule is O=CC(CN1CCCCC1)c1ccc(O)cc1. The average molecular weight is 233 g/mol. The minimum absolute atomic E-state index is 0.0753. The smallest absolute Gasteiger partial charge is 0.128 e. The lowest BCUT2D eigenvalue weighted by Crippen LogP contribution is -2.33. The third kappa shape index (κ3) is 3.30. The lowest BCUT2D eigenvalue weighted by molar-refractivity contribution is -0.109. The molecule has 1 aliphatic rings. The van der Waals surface area contributed by atoms with Gasteiger partial charge in [0.05, 0.1) is 5.92 Å². The fourth-order valence-electron chi connectivity index (χ4n) is 2.37. The fourth-order valence-corrected chi connectivity index (χ4v) is 2.37. The molecule has 1 aromatic rings. The molecule has 1 saturated heterocycles. The van der Waals surface area contributed by atoms with E-state index in [4.69, 9.17) is 0 Å². The highest BCUT2D eigenvalue weighted by Gasteiger charge is 2.17. The maximum Gasteiger partial charge on any atom is 0.128 e. The van der Waals surface area contributed by atoms with Crippen molar-refractivity contribution in [3.05, 3.63) is 29.8 Å². The normalized spacial score (nSPS) is 18.8. The van der Waals surface area contributed by atoms with E-state index in [1.54, 1.807) is 12.1 Å². The van der Waals surface area contributed by atoms with Crippen LogP contribution < -0.4 is 0 Å². The van der Waals surface area contributed by atoms with Crippen LogP contribution in [0, 0.1) is 0 Å². The van der Waals surface area contributed by atoms with E-state index in [9.17, 15) is 9.90 Å². The van der Waals surface area contributed by atoms with Crippen LogP contribution in [-0.2, 0) is 4.79 Å². The summed E-state index contributed by atoms with van der Waals surface area (Å²) in [6.45, 7) is 3.00. The first kappa shape index (κ1) is 12.1. The summed E-state index contributed by atoms with van der Waals surface area (Å²) in [5.74, 6) is 0.171. The summed E-state index contributed by atoms with van der Waals surface area (Å²) in [6, 6.07) is 6.95. The molecule has 2 rings (SSSR count). The first-order valence-corrected chi connectivity index (χ1v) is 6.26. The summed E-state index contributed by atoms with van der Waals surface area (Å²) >= 11 is 0. The number of likely N-dealkylation sites (tertiary alicyclic amines) is 1. The van der Waals surface area contributed by atoms with Gasteiger partial charge >= 0.3 is 0 Å². The third-order valence-corrected chi connectivity index (χ3v) is 3.39. The number of carbonyl (C=O) groups excluding carboxylic acids is 1. The largest absolute Gasteiger partial charge is 0.508 e. The summed E-state index contributed by atoms with van der Waals surface area (Å²) in [5.41, 5.74) is 0.989. The molecule has 3 nitrogen and oxygen atoms in total. The van der Waals surface area contributed by atoms with Crippen LogP contribution in [0.1, 0.15) is 30.7 Å². The van der Waals surface area contributed by atoms with Crippen molar-refractivity contribution >= 4 is 6.29 Å². The number of aldehydes is 1. The van der Waals surface area contributed by atoms with Crippen molar-refractivity contribution in [1.29, 1.82) is 0 Å². The quantitative estimate of drug-likeness (QED) is 0.810. The van der Waals surface area contributed by atoms with Crippen molar-refractivity contribution in [2.24, 2.45) is 0 Å². The third-order valence-electron chi connectivity index (χ3n) is 3.39. The number of nitrogens with zero attached hydrogens (tertiary/aromatic N) is 1. The van der Waals surface area contributed by atoms with Crippen molar-refractivity contribution in [3.63, 3.8) is 0 Å². The Hall–Kier alpha value is -1.35. The zero-order valence-electron chi connectivity index (χ0n) is 10.0. The molecule has 0 spiro atoms. The first-order chi connectivity index (χ1) is 8.29. The second kappa shape index (κ2) is 5.82. The molecule has 1 unspecified atom stereocenters. The van der Waals surface area contributed by atoms with Crippen LogP contribution >= 0.6 is 0 Å². The highest BCUT2D eigenvalue weighted by Crippen LogP contribution is 2.20. The summed E-state index contributed by atoms with van der Waals surface area (Å²) in [4.78, 5) is 13.5. The van der Waals surface area contributed by atoms with Gasteiger partial charge in [0.25, 0.3) is 0 Å². The zero-order chi connectivity index (χ0) is 12.1. The molecule has 0 saturated carbocycles. The van der Waals surface area contributed by atoms with Gasteiger partial charge in [0.15, 0.2) is 0 Å². The Morgan fingerprint density at radius 2 is 1.82 bits per heavy atom. The van der Waals surface area contributed by atoms with Gasteiger partial charge in [-0.15, -0.1) is 0 Å². The predicted octanol–water partition coefficient (Wildman–Crippen LogP) is 2.16. The minimum Gasteiger partial charge on any atom is -0.508 e. The van der Waals surface area contributed by atoms with Crippen LogP contribution in [0.15, 0.2) is 24.3 Å². The van der Waals surface area contributed by atoms with E-state index in [2.05, 4.69) is 4.90 Å². The lowest BCUT2D eigenvalue weighted by Gasteiger charge is -2.28. The van der Waals surface area contributed by atoms with Gasteiger partial charge < -0.3 is 14.8 Å². The molecule has 1 N–H and O–H groups in total. The monoisotopic (exact) mass is 233 g/mol. The van der Waals surface area contributed by atoms with E-state index >= 15 is 0 Å². The van der Waals surface area contributed by atoms with Crippen molar-refractivity contribution in [1.82, 2.24) is 4.90 Å². The molecule has 92 valence electrons. The van der Waals surface area contributed by atoms with Gasteiger partial charge in [-0.1, -0.05) is 18.6 Å². The van der Waals surface area contributed by atoms with Crippen LogP contribution in [0.25, 0.3) is 0 Å². The Kier molecular flexibility index (Phi) is 4.15. The topological polar surface area (TPSA) is 40.5 Å². The molecular weight excluding hydrogens is 214 g/mol. The number of phenols is 1. The molecule has 3 heteroatoms. The van der Waals surface area contributed by atoms with Gasteiger partial charge in [0.2, 0.25) is 0 Å². The lowest BCUT2D eigenvalue weighted by atomic mass is 9.99. The van der Waals surface area contributed by atoms with Gasteiger partial charge in [-0.3, -0.25) is 0 Å². The summed E-state index contributed by atoms with van der Waals surface area (Å²) < 4.78 is 0. The number of carbonyl (C=O) groups is 1. The van der Waals surface area contributed by atoms with Crippen molar-refractivity contribution < 1.29 is 9.90 Å². The van der Waals surface area contributed by atoms with Crippen molar-refractivity contribution in [2.45, 2.75) is 25.2 Å². The minimum atomic E-state index is -0.0753. The number of aromatic hydroxyl groups is 1. The van der Waals surface area contributed by atoms with E-state index in [1.807, 2.05) is 12.1 Å². The van der Waals surface area contributed by atoms with Gasteiger partial charge in [-0.25, -0.2) is 0 Å². The second-order valence-electron chi connectivity index (χ2n) is 4.70. The Balaban J connectivity index is 2.00. The molecule has 0 amide bonds. The number of hydrogen-bond acceptors (Lipinski definition) is 3. The summed E-state index contributed by atoms with van der Waals surface area (Å²) in [6.07, 6.45) is 4.80. The van der Waals surface area contributed by atoms with E-state index in [0.29, 0.717) is 0 Å². The maximum absolute atomic E-state index is 11.2. The highest BCUT2D eigenvalue weighted by molar-refractivity contribution is 5.62. The number of piperidine rings is 1. The number of benzene rings is 1. The Labute approximate surface area is 102 Å². The zero-order valence-corrected chi connectivity index (χ0v) is 10.0. The highest BCUT2D eigenvalue weighted by atomic mass is 16.3. The molecule has 1 heterocycles. The standard InChI is InChI=1S/C14H19NO2/c16-11-13(10-15-8-2-1-3-9-15)12-4-6-14(17)7-5-12/h4-7,11,13,17H,1-3,8-10H2. The van der Waals surface area contributed by atoms with Crippen LogP contribution in [0.2, 0.25) is 0 Å². The molecule has 1 aliphatic heterocycles. The Morgan fingerprint density at radius 1 is 1.18 bits per heavy atom. The molecule has 1 atom stereocenters. The number of hydrogen-bond donors (Lipinski definition) is 1. The molecule has 0 bridgehead atoms. The fraction of sp³-hybridized carbons (Fsp3) is 0.500. The van der Waals surface area contributed by atoms with Crippen LogP contribution in [0.5, 0.6) is 5.75 Å². The summed E-state index contributed by atoms with van der Waals surface area (Å²) in [5, 5.41) is 9.23. The van der Waals surface area contributed by atoms with Gasteiger partial charge in [0.1, 0.15) is 12.0 Å². The molecular formula is C14H19NO2. The predicted molar refractivity (Wildman–Crippen MR) is 67.2 cm³/mol. The average Bonchev–Trinajstić information content (AvgIpc) is 2.38. The molecule has 0 radical (unpaired) electrons. The summed E-state index contributed by atoms with van der Waals surface area (Å²) in [7, 11) is 0. The van der Waals surface area contributed by atoms with E-state index in [0.717, 1.165) is 31.5 Å². The molecule has 0 aliphatic carbocycles. The van der Waals surface area contributed by atoms with E-state index in [-0.39, 0.29) is 11.7 Å². The van der Waals surface area contributed by atoms with Crippen LogP contribution in [-0.4, -0.2) is 35.9 Å². The van der Waals surface area contributed by atoms with Gasteiger partial charge in [0, 0.05) is 6.54 Å². The van der Waals surface area contributed by atoms with Crippen LogP contribution in [0.4, 0.5) is 0 Å². The molecule has 0 aromatic heterocycles. The Bertz CT molecular complexity index is 355. The number of phenolic OH excluding ortho intramolecular Hbond substituents is 1. The molecule has 1 aromatic carbocycles. The van der Waals surface area contributed by atoms with Gasteiger partial charge in [-0.05, 0) is 43.6 Å². The van der Waals surface area contributed by atoms with Crippen molar-refractivity contribution in [3.8, 4) is 5.75 Å². The van der Waals surface area contributed by atoms with Gasteiger partial charge in [-0.2, -0.15) is 0 Å². The van der Waals surface area contributed by atoms with Crippen LogP contribution in [0.3, 0.4) is 0 Å². The molecule has 1 fully saturated rings. The Morgan fingerprint density at radius 3 is 2.41 bits per heavy atom. The van der Waals surface area contributed by atoms with E-state index < -0.39 is 0 Å². The van der Waals surface area contributed by atoms with Crippen molar-refractivity contribution in [2.75, 3.05) is 19.6 Å².